The molecule has 0 aliphatic heterocycles. The first kappa shape index (κ1) is 22.4. The van der Waals surface area contributed by atoms with Gasteiger partial charge < -0.3 is 19.5 Å². The van der Waals surface area contributed by atoms with Crippen LogP contribution in [0.5, 0.6) is 17.2 Å². The zero-order valence-electron chi connectivity index (χ0n) is 16.9. The van der Waals surface area contributed by atoms with Crippen LogP contribution in [-0.4, -0.2) is 31.5 Å². The van der Waals surface area contributed by atoms with Gasteiger partial charge in [-0.05, 0) is 42.8 Å². The molecule has 0 saturated heterocycles. The predicted molar refractivity (Wildman–Crippen MR) is 110 cm³/mol. The molecule has 0 saturated carbocycles. The number of alkyl halides is 3. The minimum Gasteiger partial charge on any atom is -0.493 e. The predicted octanol–water partition coefficient (Wildman–Crippen LogP) is 4.96. The van der Waals surface area contributed by atoms with Crippen molar-refractivity contribution < 1.29 is 32.2 Å². The Bertz CT molecular complexity index is 1070. The number of benzene rings is 2. The molecule has 3 rings (SSSR count). The van der Waals surface area contributed by atoms with Crippen LogP contribution in [0, 0.1) is 6.92 Å². The first-order chi connectivity index (χ1) is 14.7. The molecule has 0 fully saturated rings. The topological polar surface area (TPSA) is 69.7 Å². The third-order valence-corrected chi connectivity index (χ3v) is 5.45. The molecule has 1 aromatic heterocycles. The second-order valence-corrected chi connectivity index (χ2v) is 7.38. The lowest BCUT2D eigenvalue weighted by Crippen LogP contribution is -2.22. The molecule has 1 heterocycles. The van der Waals surface area contributed by atoms with E-state index in [1.807, 2.05) is 6.07 Å². The van der Waals surface area contributed by atoms with E-state index in [0.29, 0.717) is 32.6 Å². The highest BCUT2D eigenvalue weighted by Crippen LogP contribution is 2.35. The number of ether oxygens (including phenoxy) is 3. The van der Waals surface area contributed by atoms with Gasteiger partial charge in [-0.1, -0.05) is 12.1 Å². The number of nitrogens with zero attached hydrogens (tertiary/aromatic N) is 1. The highest BCUT2D eigenvalue weighted by molar-refractivity contribution is 7.17. The zero-order valence-corrected chi connectivity index (χ0v) is 17.7. The Hall–Kier alpha value is -3.27. The van der Waals surface area contributed by atoms with Crippen LogP contribution in [0.1, 0.15) is 20.9 Å². The van der Waals surface area contributed by atoms with Gasteiger partial charge in [-0.2, -0.15) is 0 Å². The third-order valence-electron chi connectivity index (χ3n) is 4.24. The van der Waals surface area contributed by atoms with E-state index in [-0.39, 0.29) is 18.2 Å². The van der Waals surface area contributed by atoms with Gasteiger partial charge in [0.1, 0.15) is 15.6 Å². The molecule has 0 aliphatic carbocycles. The van der Waals surface area contributed by atoms with Crippen LogP contribution < -0.4 is 19.5 Å². The average molecular weight is 452 g/mol. The maximum absolute atomic E-state index is 12.6. The number of rotatable bonds is 7. The zero-order chi connectivity index (χ0) is 22.6. The molecule has 164 valence electrons. The molecular formula is C21H19F3N2O4S. The lowest BCUT2D eigenvalue weighted by atomic mass is 10.2. The number of halogens is 3. The number of thiazole rings is 1. The molecule has 0 unspecified atom stereocenters. The van der Waals surface area contributed by atoms with Gasteiger partial charge in [0.2, 0.25) is 0 Å². The van der Waals surface area contributed by atoms with Crippen molar-refractivity contribution >= 4 is 17.2 Å². The van der Waals surface area contributed by atoms with Crippen molar-refractivity contribution in [3.63, 3.8) is 0 Å². The average Bonchev–Trinajstić information content (AvgIpc) is 3.13. The van der Waals surface area contributed by atoms with Gasteiger partial charge in [0, 0.05) is 12.1 Å². The molecule has 6 nitrogen and oxygen atoms in total. The summed E-state index contributed by atoms with van der Waals surface area (Å²) >= 11 is 1.23. The van der Waals surface area contributed by atoms with Crippen molar-refractivity contribution in [2.24, 2.45) is 0 Å². The van der Waals surface area contributed by atoms with E-state index in [1.54, 1.807) is 26.2 Å². The normalized spacial score (nSPS) is 11.2. The highest BCUT2D eigenvalue weighted by atomic mass is 32.1. The molecule has 2 aromatic carbocycles. The van der Waals surface area contributed by atoms with E-state index >= 15 is 0 Å². The smallest absolute Gasteiger partial charge is 0.493 e. The molecule has 0 atom stereocenters. The largest absolute Gasteiger partial charge is 0.573 e. The summed E-state index contributed by atoms with van der Waals surface area (Å²) in [6.07, 6.45) is -4.74. The molecule has 0 radical (unpaired) electrons. The lowest BCUT2D eigenvalue weighted by molar-refractivity contribution is -0.274. The van der Waals surface area contributed by atoms with Crippen molar-refractivity contribution in [2.75, 3.05) is 14.2 Å². The number of hydrogen-bond acceptors (Lipinski definition) is 6. The molecule has 0 spiro atoms. The van der Waals surface area contributed by atoms with E-state index in [4.69, 9.17) is 9.47 Å². The Balaban J connectivity index is 1.69. The number of carbonyl (C=O) groups excluding carboxylic acids is 1. The van der Waals surface area contributed by atoms with E-state index in [1.165, 1.54) is 42.7 Å². The quantitative estimate of drug-likeness (QED) is 0.549. The monoisotopic (exact) mass is 452 g/mol. The maximum atomic E-state index is 12.6. The van der Waals surface area contributed by atoms with Crippen molar-refractivity contribution in [3.05, 3.63) is 58.6 Å². The van der Waals surface area contributed by atoms with Gasteiger partial charge in [0.15, 0.2) is 11.5 Å². The number of nitrogens with one attached hydrogen (secondary N) is 1. The highest BCUT2D eigenvalue weighted by Gasteiger charge is 2.31. The van der Waals surface area contributed by atoms with Gasteiger partial charge in [0.25, 0.3) is 5.91 Å². The van der Waals surface area contributed by atoms with Crippen LogP contribution in [-0.2, 0) is 6.54 Å². The van der Waals surface area contributed by atoms with Gasteiger partial charge in [0.05, 0.1) is 19.9 Å². The number of carbonyl (C=O) groups is 1. The fraction of sp³-hybridized carbons (Fsp3) is 0.238. The molecule has 0 bridgehead atoms. The fourth-order valence-electron chi connectivity index (χ4n) is 2.77. The third kappa shape index (κ3) is 5.66. The lowest BCUT2D eigenvalue weighted by Gasteiger charge is -2.09. The molecule has 3 aromatic rings. The second-order valence-electron chi connectivity index (χ2n) is 6.38. The Morgan fingerprint density at radius 3 is 2.35 bits per heavy atom. The summed E-state index contributed by atoms with van der Waals surface area (Å²) in [6, 6.07) is 10.7. The first-order valence-electron chi connectivity index (χ1n) is 9.03. The Labute approximate surface area is 180 Å². The molecule has 10 heteroatoms. The van der Waals surface area contributed by atoms with E-state index in [9.17, 15) is 18.0 Å². The Morgan fingerprint density at radius 2 is 1.74 bits per heavy atom. The van der Waals surface area contributed by atoms with Crippen LogP contribution in [0.4, 0.5) is 13.2 Å². The maximum Gasteiger partial charge on any atom is 0.573 e. The van der Waals surface area contributed by atoms with Crippen LogP contribution in [0.3, 0.4) is 0 Å². The standard InChI is InChI=1S/C21H19F3N2O4S/c1-12-18(31-20(26-12)14-6-9-16(28-2)17(10-14)29-3)19(27)25-11-13-4-7-15(8-5-13)30-21(22,23)24/h4-10H,11H2,1-3H3,(H,25,27). The number of aromatic nitrogens is 1. The molecule has 1 amide bonds. The van der Waals surface area contributed by atoms with Gasteiger partial charge in [-0.3, -0.25) is 4.79 Å². The molecular weight excluding hydrogens is 433 g/mol. The van der Waals surface area contributed by atoms with Crippen molar-refractivity contribution in [1.29, 1.82) is 0 Å². The van der Waals surface area contributed by atoms with E-state index in [2.05, 4.69) is 15.0 Å². The second kappa shape index (κ2) is 9.25. The summed E-state index contributed by atoms with van der Waals surface area (Å²) < 4.78 is 51.1. The fourth-order valence-corrected chi connectivity index (χ4v) is 3.75. The summed E-state index contributed by atoms with van der Waals surface area (Å²) in [4.78, 5) is 17.5. The molecule has 0 aliphatic rings. The van der Waals surface area contributed by atoms with Crippen molar-refractivity contribution in [2.45, 2.75) is 19.8 Å². The summed E-state index contributed by atoms with van der Waals surface area (Å²) in [6.45, 7) is 1.88. The minimum absolute atomic E-state index is 0.147. The Morgan fingerprint density at radius 1 is 1.06 bits per heavy atom. The number of aryl methyl sites for hydroxylation is 1. The van der Waals surface area contributed by atoms with Gasteiger partial charge in [-0.25, -0.2) is 4.98 Å². The number of hydrogen-bond donors (Lipinski definition) is 1. The summed E-state index contributed by atoms with van der Waals surface area (Å²) in [5.74, 6) is 0.499. The van der Waals surface area contributed by atoms with E-state index < -0.39 is 6.36 Å². The van der Waals surface area contributed by atoms with Gasteiger partial charge in [-0.15, -0.1) is 24.5 Å². The summed E-state index contributed by atoms with van der Waals surface area (Å²) in [5.41, 5.74) is 1.98. The SMILES string of the molecule is COc1ccc(-c2nc(C)c(C(=O)NCc3ccc(OC(F)(F)F)cc3)s2)cc1OC. The Kier molecular flexibility index (Phi) is 6.69. The first-order valence-corrected chi connectivity index (χ1v) is 9.84. The summed E-state index contributed by atoms with van der Waals surface area (Å²) in [7, 11) is 3.08. The molecule has 1 N–H and O–H groups in total. The number of methoxy groups -OCH3 is 2. The van der Waals surface area contributed by atoms with E-state index in [0.717, 1.165) is 5.56 Å². The molecule has 31 heavy (non-hydrogen) atoms. The van der Waals surface area contributed by atoms with Gasteiger partial charge >= 0.3 is 6.36 Å². The van der Waals surface area contributed by atoms with Crippen LogP contribution in [0.2, 0.25) is 0 Å². The van der Waals surface area contributed by atoms with Crippen molar-refractivity contribution in [1.82, 2.24) is 10.3 Å². The van der Waals surface area contributed by atoms with Crippen LogP contribution >= 0.6 is 11.3 Å². The minimum atomic E-state index is -4.74. The van der Waals surface area contributed by atoms with Crippen LogP contribution in [0.15, 0.2) is 42.5 Å². The summed E-state index contributed by atoms with van der Waals surface area (Å²) in [5, 5.41) is 3.40. The van der Waals surface area contributed by atoms with Crippen molar-refractivity contribution in [3.8, 4) is 27.8 Å². The number of amides is 1. The van der Waals surface area contributed by atoms with Crippen LogP contribution in [0.25, 0.3) is 10.6 Å².